The zero-order valence-corrected chi connectivity index (χ0v) is 12.0. The molecule has 0 spiro atoms. The van der Waals surface area contributed by atoms with Gasteiger partial charge in [-0.1, -0.05) is 0 Å². The van der Waals surface area contributed by atoms with Crippen molar-refractivity contribution < 1.29 is 19.1 Å². The van der Waals surface area contributed by atoms with Gasteiger partial charge in [-0.05, 0) is 13.8 Å². The number of hydrogen-bond acceptors (Lipinski definition) is 8. The van der Waals surface area contributed by atoms with E-state index in [-0.39, 0.29) is 24.8 Å². The minimum absolute atomic E-state index is 0.0950. The third-order valence-electron chi connectivity index (χ3n) is 2.38. The van der Waals surface area contributed by atoms with E-state index in [1.807, 2.05) is 0 Å². The van der Waals surface area contributed by atoms with Gasteiger partial charge in [0.15, 0.2) is 5.82 Å². The molecule has 2 heterocycles. The van der Waals surface area contributed by atoms with Crippen LogP contribution < -0.4 is 10.6 Å². The lowest BCUT2D eigenvalue weighted by Gasteiger charge is -2.09. The molecule has 0 aliphatic carbocycles. The maximum Gasteiger partial charge on any atom is 0.412 e. The highest BCUT2D eigenvalue weighted by atomic mass is 16.6. The molecule has 0 aliphatic heterocycles. The zero-order chi connectivity index (χ0) is 15.9. The molecule has 0 bridgehead atoms. The number of anilines is 2. The number of hydrogen-bond donors (Lipinski definition) is 2. The summed E-state index contributed by atoms with van der Waals surface area (Å²) in [6.45, 7) is 3.77. The molecule has 0 aromatic carbocycles. The van der Waals surface area contributed by atoms with Crippen LogP contribution in [0, 0.1) is 0 Å². The Balaban J connectivity index is 2.34. The molecule has 0 aliphatic rings. The molecule has 0 radical (unpaired) electrons. The van der Waals surface area contributed by atoms with E-state index in [0.717, 1.165) is 0 Å². The number of rotatable bonds is 4. The van der Waals surface area contributed by atoms with Gasteiger partial charge >= 0.3 is 12.2 Å². The summed E-state index contributed by atoms with van der Waals surface area (Å²) in [5.74, 6) is 0.234. The van der Waals surface area contributed by atoms with Crippen molar-refractivity contribution >= 4 is 34.9 Å². The Morgan fingerprint density at radius 1 is 1.14 bits per heavy atom. The smallest absolute Gasteiger partial charge is 0.412 e. The van der Waals surface area contributed by atoms with Crippen LogP contribution >= 0.6 is 0 Å². The Kier molecular flexibility index (Phi) is 4.96. The summed E-state index contributed by atoms with van der Waals surface area (Å²) in [5, 5.41) is 12.4. The molecule has 116 valence electrons. The van der Waals surface area contributed by atoms with Gasteiger partial charge in [-0.15, -0.1) is 10.2 Å². The van der Waals surface area contributed by atoms with E-state index in [2.05, 4.69) is 30.8 Å². The standard InChI is InChI=1S/C12H14N6O4/c1-3-21-11(19)16-8-5-7-9(13-6-14-18-7)10(15-8)17-12(20)22-4-2/h5-6H,3-4H2,1-2H3,(H2,15,16,17,19,20). The van der Waals surface area contributed by atoms with Gasteiger partial charge < -0.3 is 9.47 Å². The van der Waals surface area contributed by atoms with E-state index in [1.54, 1.807) is 13.8 Å². The van der Waals surface area contributed by atoms with Crippen molar-refractivity contribution in [2.75, 3.05) is 23.8 Å². The lowest BCUT2D eigenvalue weighted by Crippen LogP contribution is -2.18. The predicted octanol–water partition coefficient (Wildman–Crippen LogP) is 1.56. The van der Waals surface area contributed by atoms with Gasteiger partial charge in [0, 0.05) is 6.07 Å². The van der Waals surface area contributed by atoms with Gasteiger partial charge in [-0.3, -0.25) is 10.6 Å². The lowest BCUT2D eigenvalue weighted by molar-refractivity contribution is 0.167. The van der Waals surface area contributed by atoms with Crippen molar-refractivity contribution in [3.63, 3.8) is 0 Å². The first-order valence-corrected chi connectivity index (χ1v) is 6.50. The topological polar surface area (TPSA) is 128 Å². The van der Waals surface area contributed by atoms with Gasteiger partial charge in [0.2, 0.25) is 0 Å². The van der Waals surface area contributed by atoms with E-state index >= 15 is 0 Å². The van der Waals surface area contributed by atoms with Crippen molar-refractivity contribution in [1.82, 2.24) is 20.2 Å². The summed E-state index contributed by atoms with van der Waals surface area (Å²) < 4.78 is 9.55. The first kappa shape index (κ1) is 15.4. The van der Waals surface area contributed by atoms with E-state index in [9.17, 15) is 9.59 Å². The van der Waals surface area contributed by atoms with Crippen LogP contribution in [0.2, 0.25) is 0 Å². The molecule has 2 N–H and O–H groups in total. The molecular weight excluding hydrogens is 292 g/mol. The second-order valence-corrected chi connectivity index (χ2v) is 3.87. The van der Waals surface area contributed by atoms with E-state index in [4.69, 9.17) is 9.47 Å². The second kappa shape index (κ2) is 7.11. The second-order valence-electron chi connectivity index (χ2n) is 3.87. The molecule has 22 heavy (non-hydrogen) atoms. The molecule has 2 aromatic rings. The Morgan fingerprint density at radius 3 is 2.50 bits per heavy atom. The van der Waals surface area contributed by atoms with Gasteiger partial charge in [0.05, 0.1) is 13.2 Å². The number of nitrogens with zero attached hydrogens (tertiary/aromatic N) is 4. The fourth-order valence-electron chi connectivity index (χ4n) is 1.59. The highest BCUT2D eigenvalue weighted by Crippen LogP contribution is 2.21. The molecule has 0 atom stereocenters. The minimum atomic E-state index is -0.691. The number of aromatic nitrogens is 4. The molecule has 10 nitrogen and oxygen atoms in total. The van der Waals surface area contributed by atoms with Gasteiger partial charge in [0.1, 0.15) is 23.2 Å². The average Bonchev–Trinajstić information content (AvgIpc) is 2.47. The summed E-state index contributed by atoms with van der Waals surface area (Å²) in [5.41, 5.74) is 0.661. The molecule has 0 saturated carbocycles. The summed E-state index contributed by atoms with van der Waals surface area (Å²) in [6.07, 6.45) is -0.143. The van der Waals surface area contributed by atoms with E-state index < -0.39 is 12.2 Å². The number of ether oxygens (including phenoxy) is 2. The number of carbonyl (C=O) groups excluding carboxylic acids is 2. The Labute approximate surface area is 125 Å². The van der Waals surface area contributed by atoms with Crippen molar-refractivity contribution in [3.8, 4) is 0 Å². The summed E-state index contributed by atoms with van der Waals surface area (Å²) in [4.78, 5) is 31.1. The van der Waals surface area contributed by atoms with Gasteiger partial charge in [-0.2, -0.15) is 0 Å². The van der Waals surface area contributed by atoms with Crippen molar-refractivity contribution in [1.29, 1.82) is 0 Å². The van der Waals surface area contributed by atoms with Crippen LogP contribution in [0.1, 0.15) is 13.8 Å². The minimum Gasteiger partial charge on any atom is -0.450 e. The zero-order valence-electron chi connectivity index (χ0n) is 12.0. The largest absolute Gasteiger partial charge is 0.450 e. The van der Waals surface area contributed by atoms with E-state index in [1.165, 1.54) is 12.4 Å². The third kappa shape index (κ3) is 3.75. The van der Waals surface area contributed by atoms with Crippen LogP contribution in [0.5, 0.6) is 0 Å². The maximum atomic E-state index is 11.5. The van der Waals surface area contributed by atoms with Crippen LogP contribution in [0.4, 0.5) is 21.2 Å². The van der Waals surface area contributed by atoms with Crippen LogP contribution in [0.15, 0.2) is 12.4 Å². The Bertz CT molecular complexity index is 692. The van der Waals surface area contributed by atoms with Crippen LogP contribution in [-0.2, 0) is 9.47 Å². The maximum absolute atomic E-state index is 11.5. The molecule has 2 aromatic heterocycles. The van der Waals surface area contributed by atoms with Crippen LogP contribution in [0.3, 0.4) is 0 Å². The van der Waals surface area contributed by atoms with Crippen molar-refractivity contribution in [3.05, 3.63) is 12.4 Å². The first-order valence-electron chi connectivity index (χ1n) is 6.50. The van der Waals surface area contributed by atoms with E-state index in [0.29, 0.717) is 11.0 Å². The van der Waals surface area contributed by atoms with Gasteiger partial charge in [0.25, 0.3) is 0 Å². The fraction of sp³-hybridized carbons (Fsp3) is 0.333. The monoisotopic (exact) mass is 306 g/mol. The Hall–Kier alpha value is -3.04. The number of nitrogens with one attached hydrogen (secondary N) is 2. The van der Waals surface area contributed by atoms with Crippen LogP contribution in [0.25, 0.3) is 11.0 Å². The normalized spacial score (nSPS) is 10.1. The molecule has 0 fully saturated rings. The predicted molar refractivity (Wildman–Crippen MR) is 76.4 cm³/mol. The van der Waals surface area contributed by atoms with Crippen molar-refractivity contribution in [2.24, 2.45) is 0 Å². The summed E-state index contributed by atoms with van der Waals surface area (Å²) in [7, 11) is 0. The number of carbonyl (C=O) groups is 2. The fourth-order valence-corrected chi connectivity index (χ4v) is 1.59. The number of fused-ring (bicyclic) bond motifs is 1. The molecular formula is C12H14N6O4. The summed E-state index contributed by atoms with van der Waals surface area (Å²) >= 11 is 0. The molecule has 0 unspecified atom stereocenters. The molecule has 2 amide bonds. The lowest BCUT2D eigenvalue weighted by atomic mass is 10.3. The Morgan fingerprint density at radius 2 is 1.82 bits per heavy atom. The van der Waals surface area contributed by atoms with Crippen LogP contribution in [-0.4, -0.2) is 45.6 Å². The highest BCUT2D eigenvalue weighted by molar-refractivity contribution is 5.96. The number of pyridine rings is 1. The quantitative estimate of drug-likeness (QED) is 0.870. The molecule has 2 rings (SSSR count). The number of amides is 2. The SMILES string of the molecule is CCOC(=O)Nc1cc2nncnc2c(NC(=O)OCC)n1. The average molecular weight is 306 g/mol. The molecule has 10 heteroatoms. The van der Waals surface area contributed by atoms with Gasteiger partial charge in [-0.25, -0.2) is 19.6 Å². The highest BCUT2D eigenvalue weighted by Gasteiger charge is 2.13. The first-order chi connectivity index (χ1) is 10.6. The van der Waals surface area contributed by atoms with Crippen molar-refractivity contribution in [2.45, 2.75) is 13.8 Å². The molecule has 0 saturated heterocycles. The third-order valence-corrected chi connectivity index (χ3v) is 2.38. The summed E-state index contributed by atoms with van der Waals surface area (Å²) in [6, 6.07) is 1.46.